The molecule has 7 heteroatoms. The highest BCUT2D eigenvalue weighted by atomic mass is 35.5. The van der Waals surface area contributed by atoms with Gasteiger partial charge >= 0.3 is 0 Å². The van der Waals surface area contributed by atoms with Crippen molar-refractivity contribution in [2.24, 2.45) is 0 Å². The van der Waals surface area contributed by atoms with Crippen LogP contribution in [0, 0.1) is 17.1 Å². The van der Waals surface area contributed by atoms with Crippen molar-refractivity contribution in [1.82, 2.24) is 0 Å². The quantitative estimate of drug-likeness (QED) is 0.388. The van der Waals surface area contributed by atoms with Crippen molar-refractivity contribution < 1.29 is 18.7 Å². The van der Waals surface area contributed by atoms with Gasteiger partial charge in [-0.25, -0.2) is 4.39 Å². The van der Waals surface area contributed by atoms with Crippen LogP contribution in [0.4, 0.5) is 4.39 Å². The first-order chi connectivity index (χ1) is 15.5. The third-order valence-electron chi connectivity index (χ3n) is 5.28. The fourth-order valence-electron chi connectivity index (χ4n) is 3.64. The number of carbonyl (C=O) groups excluding carboxylic acids is 1. The molecule has 0 amide bonds. The summed E-state index contributed by atoms with van der Waals surface area (Å²) in [6.07, 6.45) is 1.69. The predicted octanol–water partition coefficient (Wildman–Crippen LogP) is 6.46. The first-order valence-electron chi connectivity index (χ1n) is 10.1. The molecule has 0 spiro atoms. The van der Waals surface area contributed by atoms with E-state index in [1.807, 2.05) is 6.07 Å². The van der Waals surface area contributed by atoms with Crippen LogP contribution in [0.5, 0.6) is 5.75 Å². The lowest BCUT2D eigenvalue weighted by molar-refractivity contribution is 0.0666. The van der Waals surface area contributed by atoms with Crippen LogP contribution in [0.15, 0.2) is 54.6 Å². The molecule has 4 rings (SSSR count). The molecule has 1 fully saturated rings. The maximum atomic E-state index is 15.5. The van der Waals surface area contributed by atoms with Gasteiger partial charge in [-0.05, 0) is 37.1 Å². The monoisotopic (exact) mass is 469 g/mol. The van der Waals surface area contributed by atoms with E-state index in [0.717, 1.165) is 12.8 Å². The molecule has 0 radical (unpaired) electrons. The standard InChI is InChI=1S/C25H18Cl2FNO3/c26-20-12-21(27)19(25(30)15-5-2-1-3-6-15)11-18(20)23-16(13-29)8-9-22(24(23)28)32-14-17-7-4-10-31-17/h1-3,5-6,8-9,11-12,17H,4,7,10,14H2/t17-/m0/s1. The highest BCUT2D eigenvalue weighted by Gasteiger charge is 2.23. The fraction of sp³-hybridized carbons (Fsp3) is 0.200. The number of halogens is 3. The zero-order valence-electron chi connectivity index (χ0n) is 16.9. The Labute approximate surface area is 195 Å². The van der Waals surface area contributed by atoms with Crippen LogP contribution in [-0.4, -0.2) is 25.1 Å². The van der Waals surface area contributed by atoms with Crippen LogP contribution in [0.25, 0.3) is 11.1 Å². The molecule has 1 saturated heterocycles. The van der Waals surface area contributed by atoms with Gasteiger partial charge in [-0.15, -0.1) is 0 Å². The van der Waals surface area contributed by atoms with Crippen LogP contribution in [0.3, 0.4) is 0 Å². The molecule has 3 aromatic rings. The van der Waals surface area contributed by atoms with Crippen molar-refractivity contribution in [2.45, 2.75) is 18.9 Å². The summed E-state index contributed by atoms with van der Waals surface area (Å²) in [5.74, 6) is -1.08. The summed E-state index contributed by atoms with van der Waals surface area (Å²) in [7, 11) is 0. The molecule has 0 N–H and O–H groups in total. The highest BCUT2D eigenvalue weighted by molar-refractivity contribution is 6.39. The number of ketones is 1. The zero-order valence-corrected chi connectivity index (χ0v) is 18.4. The average molecular weight is 470 g/mol. The van der Waals surface area contributed by atoms with Gasteiger partial charge in [-0.2, -0.15) is 5.26 Å². The Kier molecular flexibility index (Phi) is 6.76. The number of nitrogens with zero attached hydrogens (tertiary/aromatic N) is 1. The van der Waals surface area contributed by atoms with Crippen molar-refractivity contribution >= 4 is 29.0 Å². The number of ether oxygens (including phenoxy) is 2. The summed E-state index contributed by atoms with van der Waals surface area (Å²) in [5.41, 5.74) is 0.797. The lowest BCUT2D eigenvalue weighted by Crippen LogP contribution is -2.17. The van der Waals surface area contributed by atoms with E-state index in [-0.39, 0.29) is 56.5 Å². The Morgan fingerprint density at radius 1 is 1.16 bits per heavy atom. The smallest absolute Gasteiger partial charge is 0.194 e. The van der Waals surface area contributed by atoms with Crippen molar-refractivity contribution in [2.75, 3.05) is 13.2 Å². The van der Waals surface area contributed by atoms with Gasteiger partial charge in [-0.3, -0.25) is 4.79 Å². The molecule has 4 nitrogen and oxygen atoms in total. The van der Waals surface area contributed by atoms with Gasteiger partial charge < -0.3 is 9.47 Å². The van der Waals surface area contributed by atoms with Gasteiger partial charge in [0.15, 0.2) is 17.3 Å². The Hall–Kier alpha value is -2.91. The van der Waals surface area contributed by atoms with Crippen LogP contribution in [0.2, 0.25) is 10.0 Å². The summed E-state index contributed by atoms with van der Waals surface area (Å²) in [5, 5.41) is 9.84. The fourth-order valence-corrected chi connectivity index (χ4v) is 4.21. The van der Waals surface area contributed by atoms with Gasteiger partial charge in [0.05, 0.1) is 27.8 Å². The van der Waals surface area contributed by atoms with E-state index >= 15 is 4.39 Å². The van der Waals surface area contributed by atoms with Crippen LogP contribution >= 0.6 is 23.2 Å². The number of hydrogen-bond acceptors (Lipinski definition) is 4. The molecule has 0 aliphatic carbocycles. The minimum atomic E-state index is -0.732. The van der Waals surface area contributed by atoms with Crippen molar-refractivity contribution in [3.8, 4) is 22.9 Å². The molecule has 0 aromatic heterocycles. The third-order valence-corrected chi connectivity index (χ3v) is 5.91. The van der Waals surface area contributed by atoms with Crippen molar-refractivity contribution in [3.63, 3.8) is 0 Å². The van der Waals surface area contributed by atoms with E-state index in [4.69, 9.17) is 32.7 Å². The van der Waals surface area contributed by atoms with Crippen LogP contribution in [0.1, 0.15) is 34.3 Å². The summed E-state index contributed by atoms with van der Waals surface area (Å²) >= 11 is 12.7. The number of nitriles is 1. The lowest BCUT2D eigenvalue weighted by Gasteiger charge is -2.16. The predicted molar refractivity (Wildman–Crippen MR) is 121 cm³/mol. The second kappa shape index (κ2) is 9.70. The Morgan fingerprint density at radius 3 is 2.62 bits per heavy atom. The Morgan fingerprint density at radius 2 is 1.94 bits per heavy atom. The number of rotatable bonds is 6. The SMILES string of the molecule is N#Cc1ccc(OC[C@@H]2CCCO2)c(F)c1-c1cc(C(=O)c2ccccc2)c(Cl)cc1Cl. The van der Waals surface area contributed by atoms with Gasteiger partial charge in [0.2, 0.25) is 0 Å². The minimum absolute atomic E-state index is 0.0172. The number of hydrogen-bond donors (Lipinski definition) is 0. The second-order valence-electron chi connectivity index (χ2n) is 7.37. The van der Waals surface area contributed by atoms with E-state index in [0.29, 0.717) is 12.2 Å². The number of benzene rings is 3. The number of carbonyl (C=O) groups is 1. The normalized spacial score (nSPS) is 15.4. The summed E-state index contributed by atoms with van der Waals surface area (Å²) < 4.78 is 26.7. The summed E-state index contributed by atoms with van der Waals surface area (Å²) in [4.78, 5) is 13.0. The first kappa shape index (κ1) is 22.3. The maximum absolute atomic E-state index is 15.5. The minimum Gasteiger partial charge on any atom is -0.488 e. The molecule has 0 saturated carbocycles. The van der Waals surface area contributed by atoms with Crippen LogP contribution < -0.4 is 4.74 Å². The molecular weight excluding hydrogens is 452 g/mol. The topological polar surface area (TPSA) is 59.3 Å². The molecule has 1 aliphatic rings. The molecule has 3 aromatic carbocycles. The third kappa shape index (κ3) is 4.49. The van der Waals surface area contributed by atoms with Gasteiger partial charge in [0.1, 0.15) is 6.61 Å². The van der Waals surface area contributed by atoms with E-state index in [1.54, 1.807) is 30.3 Å². The average Bonchev–Trinajstić information content (AvgIpc) is 3.32. The zero-order chi connectivity index (χ0) is 22.7. The molecule has 1 atom stereocenters. The van der Waals surface area contributed by atoms with E-state index in [2.05, 4.69) is 0 Å². The molecule has 162 valence electrons. The van der Waals surface area contributed by atoms with E-state index in [9.17, 15) is 10.1 Å². The molecular formula is C25H18Cl2FNO3. The first-order valence-corrected chi connectivity index (χ1v) is 10.8. The lowest BCUT2D eigenvalue weighted by atomic mass is 9.95. The van der Waals surface area contributed by atoms with Gasteiger partial charge in [0, 0.05) is 28.9 Å². The van der Waals surface area contributed by atoms with E-state index in [1.165, 1.54) is 24.3 Å². The van der Waals surface area contributed by atoms with Gasteiger partial charge in [0.25, 0.3) is 0 Å². The molecule has 0 unspecified atom stereocenters. The molecule has 0 bridgehead atoms. The maximum Gasteiger partial charge on any atom is 0.194 e. The van der Waals surface area contributed by atoms with E-state index < -0.39 is 5.82 Å². The van der Waals surface area contributed by atoms with Gasteiger partial charge in [-0.1, -0.05) is 53.5 Å². The highest BCUT2D eigenvalue weighted by Crippen LogP contribution is 2.39. The van der Waals surface area contributed by atoms with Crippen molar-refractivity contribution in [3.05, 3.63) is 87.2 Å². The molecule has 32 heavy (non-hydrogen) atoms. The van der Waals surface area contributed by atoms with Crippen LogP contribution in [-0.2, 0) is 4.74 Å². The Balaban J connectivity index is 1.77. The largest absolute Gasteiger partial charge is 0.488 e. The summed E-state index contributed by atoms with van der Waals surface area (Å²) in [6, 6.07) is 16.3. The molecule has 1 aliphatic heterocycles. The Bertz CT molecular complexity index is 1200. The summed E-state index contributed by atoms with van der Waals surface area (Å²) in [6.45, 7) is 0.863. The second-order valence-corrected chi connectivity index (χ2v) is 8.18. The molecule has 1 heterocycles. The van der Waals surface area contributed by atoms with Crippen molar-refractivity contribution in [1.29, 1.82) is 5.26 Å².